The summed E-state index contributed by atoms with van der Waals surface area (Å²) in [5.41, 5.74) is -0.351. The van der Waals surface area contributed by atoms with Gasteiger partial charge in [-0.2, -0.15) is 0 Å². The maximum absolute atomic E-state index is 11.1. The first kappa shape index (κ1) is 11.3. The van der Waals surface area contributed by atoms with Crippen molar-refractivity contribution >= 4 is 18.8 Å². The van der Waals surface area contributed by atoms with E-state index in [-0.39, 0.29) is 11.6 Å². The van der Waals surface area contributed by atoms with Crippen molar-refractivity contribution in [2.45, 2.75) is 13.8 Å². The molecule has 0 aliphatic carbocycles. The molecule has 5 nitrogen and oxygen atoms in total. The summed E-state index contributed by atoms with van der Waals surface area (Å²) in [6.45, 7) is 2.55. The van der Waals surface area contributed by atoms with Crippen molar-refractivity contribution in [1.82, 2.24) is 0 Å². The van der Waals surface area contributed by atoms with Crippen LogP contribution in [0.25, 0.3) is 0 Å². The molecule has 0 saturated heterocycles. The first-order valence-corrected chi connectivity index (χ1v) is 5.22. The third-order valence-corrected chi connectivity index (χ3v) is 3.56. The standard InChI is InChI=1S/C6H12NO4P/c1-4(6(8)9)3-12(10,11)5(2)7/h4,7H,3H2,1-2H3,(H,8,9)(H,10,11). The van der Waals surface area contributed by atoms with E-state index >= 15 is 0 Å². The molecule has 70 valence electrons. The second-order valence-corrected chi connectivity index (χ2v) is 5.15. The predicted molar refractivity (Wildman–Crippen MR) is 44.9 cm³/mol. The quantitative estimate of drug-likeness (QED) is 0.457. The lowest BCUT2D eigenvalue weighted by molar-refractivity contribution is -0.140. The highest BCUT2D eigenvalue weighted by atomic mass is 31.2. The molecule has 0 fully saturated rings. The predicted octanol–water partition coefficient (Wildman–Crippen LogP) is 0.975. The number of hydrogen-bond acceptors (Lipinski definition) is 3. The monoisotopic (exact) mass is 193 g/mol. The summed E-state index contributed by atoms with van der Waals surface area (Å²) >= 11 is 0. The van der Waals surface area contributed by atoms with E-state index in [1.54, 1.807) is 0 Å². The van der Waals surface area contributed by atoms with Gasteiger partial charge in [0.1, 0.15) is 0 Å². The van der Waals surface area contributed by atoms with Crippen molar-refractivity contribution < 1.29 is 19.4 Å². The van der Waals surface area contributed by atoms with Crippen molar-refractivity contribution in [2.75, 3.05) is 6.16 Å². The molecular formula is C6H12NO4P. The molecule has 0 saturated carbocycles. The average molecular weight is 193 g/mol. The zero-order valence-electron chi connectivity index (χ0n) is 6.94. The van der Waals surface area contributed by atoms with Gasteiger partial charge in [0.25, 0.3) is 0 Å². The fraction of sp³-hybridized carbons (Fsp3) is 0.667. The Labute approximate surface area is 70.4 Å². The van der Waals surface area contributed by atoms with Crippen LogP contribution in [0.2, 0.25) is 0 Å². The van der Waals surface area contributed by atoms with Crippen LogP contribution in [0.1, 0.15) is 13.8 Å². The van der Waals surface area contributed by atoms with Crippen molar-refractivity contribution in [2.24, 2.45) is 5.92 Å². The van der Waals surface area contributed by atoms with Crippen LogP contribution in [0, 0.1) is 11.3 Å². The smallest absolute Gasteiger partial charge is 0.306 e. The Morgan fingerprint density at radius 3 is 2.33 bits per heavy atom. The maximum Gasteiger partial charge on any atom is 0.306 e. The minimum absolute atomic E-state index is 0.351. The highest BCUT2D eigenvalue weighted by Crippen LogP contribution is 2.43. The van der Waals surface area contributed by atoms with E-state index < -0.39 is 19.3 Å². The van der Waals surface area contributed by atoms with E-state index in [1.807, 2.05) is 0 Å². The third-order valence-electron chi connectivity index (χ3n) is 1.47. The van der Waals surface area contributed by atoms with E-state index in [0.29, 0.717) is 0 Å². The minimum Gasteiger partial charge on any atom is -0.481 e. The lowest BCUT2D eigenvalue weighted by Crippen LogP contribution is -2.15. The van der Waals surface area contributed by atoms with E-state index in [9.17, 15) is 9.36 Å². The van der Waals surface area contributed by atoms with E-state index in [1.165, 1.54) is 13.8 Å². The van der Waals surface area contributed by atoms with Gasteiger partial charge >= 0.3 is 5.97 Å². The first-order chi connectivity index (χ1) is 5.27. The molecule has 3 N–H and O–H groups in total. The largest absolute Gasteiger partial charge is 0.481 e. The molecule has 0 spiro atoms. The van der Waals surface area contributed by atoms with Crippen molar-refractivity contribution in [3.63, 3.8) is 0 Å². The topological polar surface area (TPSA) is 98.5 Å². The summed E-state index contributed by atoms with van der Waals surface area (Å²) in [5.74, 6) is -2.01. The summed E-state index contributed by atoms with van der Waals surface area (Å²) in [5, 5.41) is 15.3. The Morgan fingerprint density at radius 2 is 2.08 bits per heavy atom. The van der Waals surface area contributed by atoms with E-state index in [0.717, 1.165) is 0 Å². The van der Waals surface area contributed by atoms with Crippen LogP contribution < -0.4 is 0 Å². The number of rotatable bonds is 4. The van der Waals surface area contributed by atoms with E-state index in [2.05, 4.69) is 0 Å². The van der Waals surface area contributed by atoms with Crippen molar-refractivity contribution in [1.29, 1.82) is 5.41 Å². The number of carboxylic acid groups (broad SMARTS) is 1. The number of carboxylic acids is 1. The summed E-state index contributed by atoms with van der Waals surface area (Å²) in [4.78, 5) is 19.4. The molecule has 0 amide bonds. The van der Waals surface area contributed by atoms with Crippen molar-refractivity contribution in [3.05, 3.63) is 0 Å². The highest BCUT2D eigenvalue weighted by molar-refractivity contribution is 7.75. The van der Waals surface area contributed by atoms with Crippen LogP contribution in [0.4, 0.5) is 0 Å². The highest BCUT2D eigenvalue weighted by Gasteiger charge is 2.27. The molecule has 6 heteroatoms. The number of aliphatic carboxylic acids is 1. The van der Waals surface area contributed by atoms with Crippen molar-refractivity contribution in [3.8, 4) is 0 Å². The molecule has 0 aliphatic rings. The molecule has 0 aliphatic heterocycles. The van der Waals surface area contributed by atoms with Crippen LogP contribution in [0.15, 0.2) is 0 Å². The van der Waals surface area contributed by atoms with Gasteiger partial charge in [-0.1, -0.05) is 6.92 Å². The van der Waals surface area contributed by atoms with Crippen LogP contribution in [0.3, 0.4) is 0 Å². The average Bonchev–Trinajstić information content (AvgIpc) is 1.85. The van der Waals surface area contributed by atoms with Gasteiger partial charge in [-0.05, 0) is 6.92 Å². The number of nitrogens with one attached hydrogen (secondary N) is 1. The van der Waals surface area contributed by atoms with Gasteiger partial charge in [0, 0.05) is 6.16 Å². The van der Waals surface area contributed by atoms with Gasteiger partial charge in [0.2, 0.25) is 7.37 Å². The van der Waals surface area contributed by atoms with Crippen LogP contribution in [-0.2, 0) is 9.36 Å². The Kier molecular flexibility index (Phi) is 3.61. The lowest BCUT2D eigenvalue weighted by atomic mass is 10.2. The Morgan fingerprint density at radius 1 is 1.67 bits per heavy atom. The van der Waals surface area contributed by atoms with E-state index in [4.69, 9.17) is 15.4 Å². The van der Waals surface area contributed by atoms with Crippen LogP contribution >= 0.6 is 7.37 Å². The second-order valence-electron chi connectivity index (χ2n) is 2.71. The zero-order valence-corrected chi connectivity index (χ0v) is 7.84. The molecule has 0 radical (unpaired) electrons. The zero-order chi connectivity index (χ0) is 9.94. The summed E-state index contributed by atoms with van der Waals surface area (Å²) in [7, 11) is -3.67. The molecule has 2 unspecified atom stereocenters. The Hall–Kier alpha value is -0.670. The molecule has 0 bridgehead atoms. The van der Waals surface area contributed by atoms with Gasteiger partial charge in [-0.15, -0.1) is 0 Å². The molecule has 0 aromatic heterocycles. The second kappa shape index (κ2) is 3.83. The Bertz CT molecular complexity index is 250. The fourth-order valence-electron chi connectivity index (χ4n) is 0.586. The third kappa shape index (κ3) is 3.15. The van der Waals surface area contributed by atoms with Gasteiger partial charge in [0.15, 0.2) is 0 Å². The van der Waals surface area contributed by atoms with Gasteiger partial charge in [0.05, 0.1) is 11.4 Å². The lowest BCUT2D eigenvalue weighted by Gasteiger charge is -2.11. The minimum atomic E-state index is -3.67. The molecular weight excluding hydrogens is 181 g/mol. The fourth-order valence-corrected chi connectivity index (χ4v) is 1.76. The Balaban J connectivity index is 4.36. The number of carbonyl (C=O) groups is 1. The summed E-state index contributed by atoms with van der Waals surface area (Å²) in [6.07, 6.45) is -0.363. The van der Waals surface area contributed by atoms with Gasteiger partial charge in [-0.3, -0.25) is 14.8 Å². The SMILES string of the molecule is CC(=N)P(=O)(O)CC(C)C(=O)O. The molecule has 0 aromatic rings. The molecule has 0 heterocycles. The first-order valence-electron chi connectivity index (χ1n) is 3.37. The molecule has 0 aromatic carbocycles. The van der Waals surface area contributed by atoms with Gasteiger partial charge in [-0.25, -0.2) is 0 Å². The molecule has 0 rings (SSSR count). The summed E-state index contributed by atoms with van der Waals surface area (Å²) < 4.78 is 11.1. The van der Waals surface area contributed by atoms with Crippen LogP contribution in [0.5, 0.6) is 0 Å². The van der Waals surface area contributed by atoms with Gasteiger partial charge < -0.3 is 10.00 Å². The maximum atomic E-state index is 11.1. The van der Waals surface area contributed by atoms with Crippen LogP contribution in [-0.4, -0.2) is 27.6 Å². The molecule has 12 heavy (non-hydrogen) atoms. The number of hydrogen-bond donors (Lipinski definition) is 3. The normalized spacial score (nSPS) is 17.9. The summed E-state index contributed by atoms with van der Waals surface area (Å²) in [6, 6.07) is 0. The molecule has 2 atom stereocenters.